The minimum atomic E-state index is -0.256. The molecule has 0 spiro atoms. The van der Waals surface area contributed by atoms with Crippen LogP contribution in [0.4, 0.5) is 0 Å². The lowest BCUT2D eigenvalue weighted by Gasteiger charge is -2.05. The fourth-order valence-electron chi connectivity index (χ4n) is 3.06. The van der Waals surface area contributed by atoms with Gasteiger partial charge in [-0.3, -0.25) is 14.2 Å². The van der Waals surface area contributed by atoms with Crippen molar-refractivity contribution in [1.82, 2.24) is 39.5 Å². The van der Waals surface area contributed by atoms with Gasteiger partial charge in [-0.15, -0.1) is 0 Å². The van der Waals surface area contributed by atoms with Crippen molar-refractivity contribution in [3.63, 3.8) is 0 Å². The summed E-state index contributed by atoms with van der Waals surface area (Å²) in [6, 6.07) is 5.42. The molecule has 0 aliphatic heterocycles. The molecule has 1 amide bonds. The molecule has 0 unspecified atom stereocenters. The molecule has 4 aromatic heterocycles. The predicted octanol–water partition coefficient (Wildman–Crippen LogP) is 1.58. The maximum atomic E-state index is 12.5. The minimum Gasteiger partial charge on any atom is -0.345 e. The summed E-state index contributed by atoms with van der Waals surface area (Å²) < 4.78 is 5.33. The molecule has 0 saturated carbocycles. The first-order valence-corrected chi connectivity index (χ1v) is 8.71. The lowest BCUT2D eigenvalue weighted by molar-refractivity contribution is 0.0944. The number of fused-ring (bicyclic) bond motifs is 1. The molecule has 0 aliphatic rings. The smallest absolute Gasteiger partial charge is 0.272 e. The Morgan fingerprint density at radius 3 is 2.78 bits per heavy atom. The van der Waals surface area contributed by atoms with Crippen molar-refractivity contribution in [2.45, 2.75) is 26.9 Å². The van der Waals surface area contributed by atoms with Gasteiger partial charge in [-0.1, -0.05) is 0 Å². The van der Waals surface area contributed by atoms with Crippen LogP contribution in [0, 0.1) is 6.92 Å². The van der Waals surface area contributed by atoms with Crippen molar-refractivity contribution >= 4 is 11.6 Å². The molecule has 27 heavy (non-hydrogen) atoms. The van der Waals surface area contributed by atoms with Crippen molar-refractivity contribution < 1.29 is 4.79 Å². The van der Waals surface area contributed by atoms with Gasteiger partial charge in [0.15, 0.2) is 11.3 Å². The highest BCUT2D eigenvalue weighted by Crippen LogP contribution is 2.23. The van der Waals surface area contributed by atoms with Crippen molar-refractivity contribution in [2.24, 2.45) is 7.05 Å². The van der Waals surface area contributed by atoms with Crippen LogP contribution in [0.5, 0.6) is 0 Å². The van der Waals surface area contributed by atoms with E-state index in [1.165, 1.54) is 0 Å². The highest BCUT2D eigenvalue weighted by atomic mass is 16.1. The van der Waals surface area contributed by atoms with Gasteiger partial charge in [-0.25, -0.2) is 9.50 Å². The molecule has 9 nitrogen and oxygen atoms in total. The molecular formula is C18H20N8O. The van der Waals surface area contributed by atoms with Crippen LogP contribution in [-0.4, -0.2) is 40.1 Å². The second kappa shape index (κ2) is 6.67. The van der Waals surface area contributed by atoms with Crippen LogP contribution in [0.25, 0.3) is 16.9 Å². The molecule has 0 aliphatic carbocycles. The normalized spacial score (nSPS) is 11.2. The summed E-state index contributed by atoms with van der Waals surface area (Å²) in [5.41, 5.74) is 4.70. The highest BCUT2D eigenvalue weighted by Gasteiger charge is 2.16. The first-order chi connectivity index (χ1) is 13.1. The number of hydrogen-bond acceptors (Lipinski definition) is 5. The molecule has 0 saturated heterocycles. The third-order valence-corrected chi connectivity index (χ3v) is 4.62. The van der Waals surface area contributed by atoms with E-state index in [9.17, 15) is 4.79 Å². The number of rotatable bonds is 5. The Morgan fingerprint density at radius 2 is 2.07 bits per heavy atom. The summed E-state index contributed by atoms with van der Waals surface area (Å²) in [5, 5.41) is 15.8. The molecule has 1 N–H and O–H groups in total. The molecule has 4 aromatic rings. The lowest BCUT2D eigenvalue weighted by Crippen LogP contribution is -2.24. The number of aromatic nitrogens is 7. The Hall–Kier alpha value is -3.49. The fraction of sp³-hybridized carbons (Fsp3) is 0.278. The van der Waals surface area contributed by atoms with Gasteiger partial charge in [0.05, 0.1) is 24.1 Å². The maximum Gasteiger partial charge on any atom is 0.272 e. The van der Waals surface area contributed by atoms with E-state index in [1.54, 1.807) is 27.7 Å². The van der Waals surface area contributed by atoms with E-state index >= 15 is 0 Å². The van der Waals surface area contributed by atoms with E-state index in [4.69, 9.17) is 0 Å². The average molecular weight is 364 g/mol. The van der Waals surface area contributed by atoms with Crippen molar-refractivity contribution in [3.05, 3.63) is 53.9 Å². The second-order valence-electron chi connectivity index (χ2n) is 6.22. The first-order valence-electron chi connectivity index (χ1n) is 8.71. The zero-order chi connectivity index (χ0) is 19.0. The van der Waals surface area contributed by atoms with Crippen LogP contribution >= 0.6 is 0 Å². The number of nitrogens with one attached hydrogen (secondary N) is 1. The molecular weight excluding hydrogens is 344 g/mol. The fourth-order valence-corrected chi connectivity index (χ4v) is 3.06. The van der Waals surface area contributed by atoms with Crippen LogP contribution in [-0.2, 0) is 20.1 Å². The molecule has 0 radical (unpaired) electrons. The van der Waals surface area contributed by atoms with E-state index in [0.717, 1.165) is 29.2 Å². The zero-order valence-corrected chi connectivity index (χ0v) is 15.4. The molecule has 0 aromatic carbocycles. The summed E-state index contributed by atoms with van der Waals surface area (Å²) in [6.45, 7) is 5.24. The summed E-state index contributed by atoms with van der Waals surface area (Å²) in [4.78, 5) is 16.9. The monoisotopic (exact) mass is 364 g/mol. The highest BCUT2D eigenvalue weighted by molar-refractivity contribution is 5.93. The summed E-state index contributed by atoms with van der Waals surface area (Å²) in [7, 11) is 1.83. The zero-order valence-electron chi connectivity index (χ0n) is 15.4. The Morgan fingerprint density at radius 1 is 1.22 bits per heavy atom. The summed E-state index contributed by atoms with van der Waals surface area (Å²) in [5.74, 6) is -0.256. The van der Waals surface area contributed by atoms with Gasteiger partial charge >= 0.3 is 0 Å². The Kier molecular flexibility index (Phi) is 4.19. The van der Waals surface area contributed by atoms with Gasteiger partial charge in [0, 0.05) is 43.3 Å². The number of nitrogens with zero attached hydrogens (tertiary/aromatic N) is 7. The molecule has 4 heterocycles. The number of aryl methyl sites for hydroxylation is 2. The largest absolute Gasteiger partial charge is 0.345 e. The Balaban J connectivity index is 1.65. The first kappa shape index (κ1) is 17.0. The molecule has 138 valence electrons. The SMILES string of the molecule is CCn1ncc(-c2ccnc3cc(C(=O)NCc4ccnn4C)nn23)c1C. The van der Waals surface area contributed by atoms with Crippen molar-refractivity contribution in [3.8, 4) is 11.3 Å². The topological polar surface area (TPSA) is 94.9 Å². The standard InChI is InChI=1S/C18H20N8O/c1-4-25-12(2)14(11-22-25)16-6-7-19-17-9-15(23-26(16)17)18(27)20-10-13-5-8-21-24(13)3/h5-9,11H,4,10H2,1-3H3,(H,20,27). The quantitative estimate of drug-likeness (QED) is 0.580. The van der Waals surface area contributed by atoms with E-state index in [1.807, 2.05) is 43.9 Å². The molecule has 0 atom stereocenters. The van der Waals surface area contributed by atoms with Crippen LogP contribution < -0.4 is 5.32 Å². The Labute approximate surface area is 155 Å². The van der Waals surface area contributed by atoms with Gasteiger partial charge in [0.25, 0.3) is 5.91 Å². The van der Waals surface area contributed by atoms with Crippen LogP contribution in [0.15, 0.2) is 36.8 Å². The maximum absolute atomic E-state index is 12.5. The van der Waals surface area contributed by atoms with Crippen LogP contribution in [0.2, 0.25) is 0 Å². The number of carbonyl (C=O) groups excluding carboxylic acids is 1. The number of hydrogen-bond donors (Lipinski definition) is 1. The third-order valence-electron chi connectivity index (χ3n) is 4.62. The summed E-state index contributed by atoms with van der Waals surface area (Å²) in [6.07, 6.45) is 5.23. The molecule has 9 heteroatoms. The van der Waals surface area contributed by atoms with Crippen LogP contribution in [0.1, 0.15) is 28.8 Å². The van der Waals surface area contributed by atoms with Gasteiger partial charge in [-0.05, 0) is 26.0 Å². The van der Waals surface area contributed by atoms with Gasteiger partial charge in [-0.2, -0.15) is 15.3 Å². The number of amides is 1. The second-order valence-corrected chi connectivity index (χ2v) is 6.22. The third kappa shape index (κ3) is 2.97. The average Bonchev–Trinajstić information content (AvgIpc) is 3.37. The Bertz CT molecular complexity index is 1120. The lowest BCUT2D eigenvalue weighted by atomic mass is 10.2. The van der Waals surface area contributed by atoms with E-state index in [2.05, 4.69) is 25.6 Å². The minimum absolute atomic E-state index is 0.256. The van der Waals surface area contributed by atoms with Gasteiger partial charge in [0.2, 0.25) is 0 Å². The van der Waals surface area contributed by atoms with E-state index in [-0.39, 0.29) is 5.91 Å². The van der Waals surface area contributed by atoms with E-state index in [0.29, 0.717) is 17.9 Å². The van der Waals surface area contributed by atoms with Crippen molar-refractivity contribution in [1.29, 1.82) is 0 Å². The summed E-state index contributed by atoms with van der Waals surface area (Å²) >= 11 is 0. The van der Waals surface area contributed by atoms with Gasteiger partial charge < -0.3 is 5.32 Å². The molecule has 0 fully saturated rings. The van der Waals surface area contributed by atoms with Crippen molar-refractivity contribution in [2.75, 3.05) is 0 Å². The van der Waals surface area contributed by atoms with Gasteiger partial charge in [0.1, 0.15) is 0 Å². The van der Waals surface area contributed by atoms with E-state index < -0.39 is 0 Å². The molecule has 4 rings (SSSR count). The van der Waals surface area contributed by atoms with Crippen LogP contribution in [0.3, 0.4) is 0 Å². The molecule has 0 bridgehead atoms. The predicted molar refractivity (Wildman–Crippen MR) is 99.0 cm³/mol. The number of carbonyl (C=O) groups is 1.